The lowest BCUT2D eigenvalue weighted by Gasteiger charge is -2.25. The Labute approximate surface area is 160 Å². The van der Waals surface area contributed by atoms with Gasteiger partial charge >= 0.3 is 0 Å². The van der Waals surface area contributed by atoms with Crippen molar-refractivity contribution in [2.45, 2.75) is 13.0 Å². The van der Waals surface area contributed by atoms with Crippen molar-refractivity contribution < 1.29 is 18.7 Å². The number of nitrogens with zero attached hydrogens (tertiary/aromatic N) is 2. The molecular formula is C19H21N3O4S. The van der Waals surface area contributed by atoms with Gasteiger partial charge in [-0.25, -0.2) is 4.98 Å². The van der Waals surface area contributed by atoms with Crippen molar-refractivity contribution in [2.75, 3.05) is 38.7 Å². The first-order valence-corrected chi connectivity index (χ1v) is 9.68. The van der Waals surface area contributed by atoms with Gasteiger partial charge in [-0.2, -0.15) is 0 Å². The summed E-state index contributed by atoms with van der Waals surface area (Å²) < 4.78 is 16.1. The quantitative estimate of drug-likeness (QED) is 0.701. The highest BCUT2D eigenvalue weighted by atomic mass is 32.1. The largest absolute Gasteiger partial charge is 0.497 e. The van der Waals surface area contributed by atoms with E-state index in [1.807, 2.05) is 23.6 Å². The Hall–Kier alpha value is -2.42. The lowest BCUT2D eigenvalue weighted by Crippen LogP contribution is -2.35. The molecule has 8 heteroatoms. The molecule has 1 aliphatic heterocycles. The number of hydrogen-bond donors (Lipinski definition) is 1. The minimum Gasteiger partial charge on any atom is -0.497 e. The van der Waals surface area contributed by atoms with Gasteiger partial charge in [0.25, 0.3) is 0 Å². The van der Waals surface area contributed by atoms with Crippen LogP contribution in [0.15, 0.2) is 34.3 Å². The second kappa shape index (κ2) is 8.08. The zero-order chi connectivity index (χ0) is 18.6. The monoisotopic (exact) mass is 387 g/mol. The molecule has 0 unspecified atom stereocenters. The van der Waals surface area contributed by atoms with Crippen LogP contribution in [-0.4, -0.2) is 49.2 Å². The van der Waals surface area contributed by atoms with Gasteiger partial charge in [-0.15, -0.1) is 11.3 Å². The number of amides is 1. The van der Waals surface area contributed by atoms with Crippen LogP contribution >= 0.6 is 11.3 Å². The number of morpholine rings is 1. The Morgan fingerprint density at radius 2 is 2.22 bits per heavy atom. The molecule has 1 N–H and O–H groups in total. The summed E-state index contributed by atoms with van der Waals surface area (Å²) in [5, 5.41) is 6.41. The summed E-state index contributed by atoms with van der Waals surface area (Å²) in [6, 6.07) is 5.58. The number of thiazole rings is 1. The fourth-order valence-corrected chi connectivity index (χ4v) is 3.81. The van der Waals surface area contributed by atoms with Crippen molar-refractivity contribution in [1.29, 1.82) is 0 Å². The number of hydrogen-bond acceptors (Lipinski definition) is 7. The molecule has 1 saturated heterocycles. The Kier molecular flexibility index (Phi) is 5.38. The third-order valence-electron chi connectivity index (χ3n) is 4.50. The van der Waals surface area contributed by atoms with Gasteiger partial charge in [0.05, 0.1) is 38.7 Å². The number of aromatic nitrogens is 1. The van der Waals surface area contributed by atoms with Gasteiger partial charge in [-0.1, -0.05) is 0 Å². The van der Waals surface area contributed by atoms with E-state index < -0.39 is 0 Å². The summed E-state index contributed by atoms with van der Waals surface area (Å²) in [5.74, 6) is 0.615. The number of rotatable bonds is 6. The van der Waals surface area contributed by atoms with Crippen LogP contribution in [0, 0.1) is 0 Å². The van der Waals surface area contributed by atoms with Gasteiger partial charge < -0.3 is 19.2 Å². The molecule has 0 saturated carbocycles. The predicted molar refractivity (Wildman–Crippen MR) is 103 cm³/mol. The van der Waals surface area contributed by atoms with Gasteiger partial charge in [-0.3, -0.25) is 9.69 Å². The van der Waals surface area contributed by atoms with E-state index in [1.54, 1.807) is 13.4 Å². The zero-order valence-corrected chi connectivity index (χ0v) is 15.9. The first-order valence-electron chi connectivity index (χ1n) is 8.80. The third kappa shape index (κ3) is 4.29. The fourth-order valence-electron chi connectivity index (χ4n) is 3.09. The Morgan fingerprint density at radius 1 is 1.37 bits per heavy atom. The smallest absolute Gasteiger partial charge is 0.230 e. The van der Waals surface area contributed by atoms with Crippen molar-refractivity contribution in [2.24, 2.45) is 0 Å². The molecule has 0 radical (unpaired) electrons. The van der Waals surface area contributed by atoms with Gasteiger partial charge in [0, 0.05) is 42.0 Å². The van der Waals surface area contributed by atoms with Crippen molar-refractivity contribution in [3.63, 3.8) is 0 Å². The average molecular weight is 387 g/mol. The summed E-state index contributed by atoms with van der Waals surface area (Å²) in [6.45, 7) is 4.13. The lowest BCUT2D eigenvalue weighted by molar-refractivity contribution is -0.115. The molecule has 3 heterocycles. The van der Waals surface area contributed by atoms with Crippen LogP contribution in [-0.2, 0) is 22.5 Å². The number of benzene rings is 1. The van der Waals surface area contributed by atoms with Crippen LogP contribution in [0.3, 0.4) is 0 Å². The first-order chi connectivity index (χ1) is 13.2. The summed E-state index contributed by atoms with van der Waals surface area (Å²) in [6.07, 6.45) is 1.85. The predicted octanol–water partition coefficient (Wildman–Crippen LogP) is 2.91. The number of nitrogens with one attached hydrogen (secondary N) is 1. The lowest BCUT2D eigenvalue weighted by atomic mass is 10.1. The summed E-state index contributed by atoms with van der Waals surface area (Å²) in [4.78, 5) is 19.2. The normalized spacial score (nSPS) is 15.1. The van der Waals surface area contributed by atoms with Crippen LogP contribution in [0.2, 0.25) is 0 Å². The van der Waals surface area contributed by atoms with Crippen LogP contribution in [0.1, 0.15) is 11.3 Å². The molecule has 4 rings (SSSR count). The molecule has 0 aliphatic carbocycles. The highest BCUT2D eigenvalue weighted by Crippen LogP contribution is 2.26. The second-order valence-electron chi connectivity index (χ2n) is 6.38. The number of methoxy groups -OCH3 is 1. The maximum absolute atomic E-state index is 12.4. The van der Waals surface area contributed by atoms with Crippen molar-refractivity contribution in [3.05, 3.63) is 41.1 Å². The number of fused-ring (bicyclic) bond motifs is 1. The maximum Gasteiger partial charge on any atom is 0.230 e. The van der Waals surface area contributed by atoms with E-state index in [1.165, 1.54) is 11.3 Å². The Morgan fingerprint density at radius 3 is 3.04 bits per heavy atom. The van der Waals surface area contributed by atoms with Crippen molar-refractivity contribution in [3.8, 4) is 5.75 Å². The number of carbonyl (C=O) groups is 1. The van der Waals surface area contributed by atoms with Gasteiger partial charge in [0.2, 0.25) is 5.91 Å². The summed E-state index contributed by atoms with van der Waals surface area (Å²) in [7, 11) is 1.61. The molecule has 2 aromatic heterocycles. The molecule has 1 aliphatic rings. The Bertz CT molecular complexity index is 930. The molecule has 0 spiro atoms. The number of ether oxygens (including phenoxy) is 2. The number of carbonyl (C=O) groups excluding carboxylic acids is 1. The van der Waals surface area contributed by atoms with E-state index >= 15 is 0 Å². The summed E-state index contributed by atoms with van der Waals surface area (Å²) in [5.41, 5.74) is 2.52. The van der Waals surface area contributed by atoms with Gasteiger partial charge in [-0.05, 0) is 12.1 Å². The van der Waals surface area contributed by atoms with Crippen molar-refractivity contribution in [1.82, 2.24) is 9.88 Å². The SMILES string of the molecule is COc1ccc2c(CC(=O)Nc3nc(CN4CCOCC4)cs3)coc2c1. The van der Waals surface area contributed by atoms with E-state index in [0.717, 1.165) is 55.2 Å². The summed E-state index contributed by atoms with van der Waals surface area (Å²) >= 11 is 1.45. The van der Waals surface area contributed by atoms with E-state index in [0.29, 0.717) is 10.7 Å². The zero-order valence-electron chi connectivity index (χ0n) is 15.1. The molecule has 142 valence electrons. The first kappa shape index (κ1) is 18.0. The molecule has 0 atom stereocenters. The van der Waals surface area contributed by atoms with E-state index in [-0.39, 0.29) is 12.3 Å². The minimum atomic E-state index is -0.110. The molecule has 1 fully saturated rings. The third-order valence-corrected chi connectivity index (χ3v) is 5.31. The molecule has 0 bridgehead atoms. The van der Waals surface area contributed by atoms with Crippen LogP contribution in [0.4, 0.5) is 5.13 Å². The average Bonchev–Trinajstić information content (AvgIpc) is 3.29. The molecule has 7 nitrogen and oxygen atoms in total. The number of anilines is 1. The maximum atomic E-state index is 12.4. The highest BCUT2D eigenvalue weighted by molar-refractivity contribution is 7.13. The van der Waals surface area contributed by atoms with E-state index in [4.69, 9.17) is 13.9 Å². The topological polar surface area (TPSA) is 76.8 Å². The van der Waals surface area contributed by atoms with Crippen molar-refractivity contribution >= 4 is 33.3 Å². The Balaban J connectivity index is 1.37. The van der Waals surface area contributed by atoms with Crippen LogP contribution < -0.4 is 10.1 Å². The van der Waals surface area contributed by atoms with Gasteiger partial charge in [0.1, 0.15) is 11.3 Å². The molecule has 27 heavy (non-hydrogen) atoms. The molecular weight excluding hydrogens is 366 g/mol. The van der Waals surface area contributed by atoms with Gasteiger partial charge in [0.15, 0.2) is 5.13 Å². The minimum absolute atomic E-state index is 0.110. The van der Waals surface area contributed by atoms with Crippen LogP contribution in [0.5, 0.6) is 5.75 Å². The van der Waals surface area contributed by atoms with Crippen LogP contribution in [0.25, 0.3) is 11.0 Å². The van der Waals surface area contributed by atoms with E-state index in [2.05, 4.69) is 15.2 Å². The molecule has 1 amide bonds. The number of furan rings is 1. The highest BCUT2D eigenvalue weighted by Gasteiger charge is 2.15. The standard InChI is InChI=1S/C19H21N3O4S/c1-24-15-2-3-16-13(11-26-17(16)9-15)8-18(23)21-19-20-14(12-27-19)10-22-4-6-25-7-5-22/h2-3,9,11-12H,4-8,10H2,1H3,(H,20,21,23). The molecule has 1 aromatic carbocycles. The second-order valence-corrected chi connectivity index (χ2v) is 7.24. The fraction of sp³-hybridized carbons (Fsp3) is 0.368. The molecule has 3 aromatic rings. The van der Waals surface area contributed by atoms with E-state index in [9.17, 15) is 4.79 Å².